The maximum atomic E-state index is 13.4. The summed E-state index contributed by atoms with van der Waals surface area (Å²) in [4.78, 5) is 26.7. The van der Waals surface area contributed by atoms with Crippen molar-refractivity contribution >= 4 is 29.0 Å². The van der Waals surface area contributed by atoms with Crippen LogP contribution in [0.2, 0.25) is 0 Å². The first-order chi connectivity index (χ1) is 13.3. The predicted molar refractivity (Wildman–Crippen MR) is 104 cm³/mol. The molecule has 0 aliphatic carbocycles. The number of halogens is 1. The Morgan fingerprint density at radius 2 is 2.00 bits per heavy atom. The van der Waals surface area contributed by atoms with Crippen LogP contribution in [0.5, 0.6) is 0 Å². The molecule has 1 atom stereocenters. The lowest BCUT2D eigenvalue weighted by Gasteiger charge is -2.10. The van der Waals surface area contributed by atoms with Gasteiger partial charge < -0.3 is 5.32 Å². The molecular weight excluding hydrogens is 385 g/mol. The number of nitrogens with zero attached hydrogens (tertiary/aromatic N) is 3. The number of aryl methyl sites for hydroxylation is 1. The number of anilines is 1. The van der Waals surface area contributed by atoms with E-state index in [1.165, 1.54) is 6.07 Å². The van der Waals surface area contributed by atoms with Crippen molar-refractivity contribution in [3.8, 4) is 11.4 Å². The Morgan fingerprint density at radius 3 is 2.68 bits per heavy atom. The molecule has 2 aromatic carbocycles. The second-order valence-electron chi connectivity index (χ2n) is 6.01. The predicted octanol–water partition coefficient (Wildman–Crippen LogP) is 3.95. The third-order valence-corrected chi connectivity index (χ3v) is 4.81. The number of aromatic amines is 1. The number of carbonyl (C=O) groups is 1. The number of hydrogen-bond donors (Lipinski definition) is 2. The van der Waals surface area contributed by atoms with Crippen molar-refractivity contribution < 1.29 is 14.1 Å². The van der Waals surface area contributed by atoms with Crippen LogP contribution in [0.1, 0.15) is 12.5 Å². The fraction of sp³-hybridized carbons (Fsp3) is 0.167. The fourth-order valence-corrected chi connectivity index (χ4v) is 3.05. The van der Waals surface area contributed by atoms with E-state index in [2.05, 4.69) is 20.5 Å². The standard InChI is InChI=1S/C18H16FN5O3S/c1-10-3-5-12(6-4-10)16-21-18(23-22-16)28-11(2)17(25)20-13-7-8-14(19)15(9-13)24(26)27/h3-9,11H,1-2H3,(H,20,25)(H,21,22,23)/t11-/m1/s1. The van der Waals surface area contributed by atoms with Crippen LogP contribution < -0.4 is 5.32 Å². The van der Waals surface area contributed by atoms with E-state index in [1.807, 2.05) is 31.2 Å². The number of carbonyl (C=O) groups excluding carboxylic acids is 1. The van der Waals surface area contributed by atoms with Gasteiger partial charge in [-0.1, -0.05) is 41.6 Å². The minimum atomic E-state index is -0.963. The zero-order chi connectivity index (χ0) is 20.3. The minimum Gasteiger partial charge on any atom is -0.325 e. The average molecular weight is 401 g/mol. The van der Waals surface area contributed by atoms with Gasteiger partial charge in [-0.2, -0.15) is 4.39 Å². The van der Waals surface area contributed by atoms with Crippen molar-refractivity contribution in [1.82, 2.24) is 15.2 Å². The highest BCUT2D eigenvalue weighted by molar-refractivity contribution is 8.00. The number of benzene rings is 2. The highest BCUT2D eigenvalue weighted by atomic mass is 32.2. The molecule has 1 heterocycles. The second-order valence-corrected chi connectivity index (χ2v) is 7.31. The Balaban J connectivity index is 1.65. The van der Waals surface area contributed by atoms with Crippen LogP contribution in [0.25, 0.3) is 11.4 Å². The molecule has 10 heteroatoms. The first kappa shape index (κ1) is 19.5. The lowest BCUT2D eigenvalue weighted by Crippen LogP contribution is -2.22. The van der Waals surface area contributed by atoms with Crippen LogP contribution in [-0.4, -0.2) is 31.3 Å². The molecule has 8 nitrogen and oxygen atoms in total. The molecule has 0 bridgehead atoms. The van der Waals surface area contributed by atoms with Crippen molar-refractivity contribution in [3.05, 3.63) is 64.0 Å². The van der Waals surface area contributed by atoms with E-state index in [0.29, 0.717) is 11.0 Å². The van der Waals surface area contributed by atoms with Crippen LogP contribution in [0, 0.1) is 22.9 Å². The van der Waals surface area contributed by atoms with Crippen LogP contribution >= 0.6 is 11.8 Å². The lowest BCUT2D eigenvalue weighted by molar-refractivity contribution is -0.387. The van der Waals surface area contributed by atoms with Gasteiger partial charge in [-0.3, -0.25) is 20.0 Å². The molecule has 0 fully saturated rings. The van der Waals surface area contributed by atoms with Gasteiger partial charge in [0.15, 0.2) is 5.82 Å². The van der Waals surface area contributed by atoms with Crippen molar-refractivity contribution in [2.75, 3.05) is 5.32 Å². The van der Waals surface area contributed by atoms with Gasteiger partial charge in [-0.15, -0.1) is 5.10 Å². The van der Waals surface area contributed by atoms with Crippen molar-refractivity contribution in [1.29, 1.82) is 0 Å². The van der Waals surface area contributed by atoms with E-state index in [9.17, 15) is 19.3 Å². The minimum absolute atomic E-state index is 0.140. The summed E-state index contributed by atoms with van der Waals surface area (Å²) in [6, 6.07) is 10.9. The summed E-state index contributed by atoms with van der Waals surface area (Å²) >= 11 is 1.13. The number of rotatable bonds is 6. The SMILES string of the molecule is Cc1ccc(-c2nc(S[C@H](C)C(=O)Nc3ccc(F)c([N+](=O)[O-])c3)n[nH]2)cc1. The molecule has 1 aromatic heterocycles. The number of nitrogens with one attached hydrogen (secondary N) is 2. The normalized spacial score (nSPS) is 11.8. The van der Waals surface area contributed by atoms with E-state index in [1.54, 1.807) is 6.92 Å². The zero-order valence-electron chi connectivity index (χ0n) is 15.0. The summed E-state index contributed by atoms with van der Waals surface area (Å²) in [5, 5.41) is 20.1. The number of amides is 1. The van der Waals surface area contributed by atoms with E-state index in [4.69, 9.17) is 0 Å². The number of nitro benzene ring substituents is 1. The van der Waals surface area contributed by atoms with Crippen LogP contribution in [0.15, 0.2) is 47.6 Å². The highest BCUT2D eigenvalue weighted by Gasteiger charge is 2.20. The Hall–Kier alpha value is -3.27. The highest BCUT2D eigenvalue weighted by Crippen LogP contribution is 2.25. The maximum Gasteiger partial charge on any atom is 0.306 e. The van der Waals surface area contributed by atoms with Crippen molar-refractivity contribution in [3.63, 3.8) is 0 Å². The Morgan fingerprint density at radius 1 is 1.29 bits per heavy atom. The van der Waals surface area contributed by atoms with Gasteiger partial charge in [-0.25, -0.2) is 4.98 Å². The lowest BCUT2D eigenvalue weighted by atomic mass is 10.1. The van der Waals surface area contributed by atoms with Crippen molar-refractivity contribution in [2.24, 2.45) is 0 Å². The first-order valence-electron chi connectivity index (χ1n) is 8.24. The molecule has 2 N–H and O–H groups in total. The first-order valence-corrected chi connectivity index (χ1v) is 9.12. The molecule has 0 unspecified atom stereocenters. The van der Waals surface area contributed by atoms with Gasteiger partial charge in [-0.05, 0) is 26.0 Å². The number of aromatic nitrogens is 3. The van der Waals surface area contributed by atoms with Crippen LogP contribution in [-0.2, 0) is 4.79 Å². The van der Waals surface area contributed by atoms with Gasteiger partial charge in [0.1, 0.15) is 0 Å². The van der Waals surface area contributed by atoms with Crippen LogP contribution in [0.4, 0.5) is 15.8 Å². The quantitative estimate of drug-likeness (QED) is 0.367. The maximum absolute atomic E-state index is 13.4. The molecule has 28 heavy (non-hydrogen) atoms. The molecule has 0 aliphatic rings. The van der Waals surface area contributed by atoms with E-state index >= 15 is 0 Å². The summed E-state index contributed by atoms with van der Waals surface area (Å²) in [6.07, 6.45) is 0. The van der Waals surface area contributed by atoms with Crippen LogP contribution in [0.3, 0.4) is 0 Å². The molecule has 3 rings (SSSR count). The van der Waals surface area contributed by atoms with Crippen molar-refractivity contribution in [2.45, 2.75) is 24.3 Å². The largest absolute Gasteiger partial charge is 0.325 e. The third kappa shape index (κ3) is 4.52. The Labute approximate surface area is 163 Å². The number of nitro groups is 1. The van der Waals surface area contributed by atoms with E-state index in [0.717, 1.165) is 35.0 Å². The Bertz CT molecular complexity index is 1020. The van der Waals surface area contributed by atoms with Gasteiger partial charge in [0.25, 0.3) is 0 Å². The van der Waals surface area contributed by atoms with Gasteiger partial charge >= 0.3 is 5.69 Å². The summed E-state index contributed by atoms with van der Waals surface area (Å²) < 4.78 is 13.4. The summed E-state index contributed by atoms with van der Waals surface area (Å²) in [6.45, 7) is 3.64. The van der Waals surface area contributed by atoms with Gasteiger partial charge in [0.2, 0.25) is 16.9 Å². The van der Waals surface area contributed by atoms with E-state index < -0.39 is 27.6 Å². The van der Waals surface area contributed by atoms with E-state index in [-0.39, 0.29) is 5.69 Å². The molecule has 144 valence electrons. The number of hydrogen-bond acceptors (Lipinski definition) is 6. The molecule has 0 radical (unpaired) electrons. The monoisotopic (exact) mass is 401 g/mol. The molecule has 0 saturated heterocycles. The molecule has 0 aliphatic heterocycles. The molecule has 1 amide bonds. The Kier molecular flexibility index (Phi) is 5.69. The van der Waals surface area contributed by atoms with Gasteiger partial charge in [0.05, 0.1) is 10.2 Å². The summed E-state index contributed by atoms with van der Waals surface area (Å²) in [5.41, 5.74) is 1.44. The smallest absolute Gasteiger partial charge is 0.306 e. The topological polar surface area (TPSA) is 114 Å². The fourth-order valence-electron chi connectivity index (χ4n) is 2.33. The average Bonchev–Trinajstić information content (AvgIpc) is 3.12. The summed E-state index contributed by atoms with van der Waals surface area (Å²) in [7, 11) is 0. The zero-order valence-corrected chi connectivity index (χ0v) is 15.8. The molecule has 3 aromatic rings. The summed E-state index contributed by atoms with van der Waals surface area (Å²) in [5.74, 6) is -0.786. The second kappa shape index (κ2) is 8.17. The van der Waals surface area contributed by atoms with Gasteiger partial charge in [0, 0.05) is 17.3 Å². The third-order valence-electron chi connectivity index (χ3n) is 3.85. The molecule has 0 saturated carbocycles. The number of thioether (sulfide) groups is 1. The number of H-pyrrole nitrogens is 1. The molecular formula is C18H16FN5O3S. The molecule has 0 spiro atoms.